The monoisotopic (exact) mass is 392 g/mol. The van der Waals surface area contributed by atoms with E-state index < -0.39 is 18.1 Å². The van der Waals surface area contributed by atoms with Crippen molar-refractivity contribution in [2.75, 3.05) is 11.4 Å². The molecular formula is C19H16N6O4. The van der Waals surface area contributed by atoms with Crippen LogP contribution in [0.2, 0.25) is 0 Å². The van der Waals surface area contributed by atoms with Crippen molar-refractivity contribution >= 4 is 23.5 Å². The molecule has 3 saturated heterocycles. The number of pyridine rings is 1. The molecule has 3 aliphatic rings. The molecule has 2 aromatic heterocycles. The predicted octanol–water partition coefficient (Wildman–Crippen LogP) is 0.992. The van der Waals surface area contributed by atoms with Crippen molar-refractivity contribution in [1.82, 2.24) is 19.9 Å². The lowest BCUT2D eigenvalue weighted by atomic mass is 10.1. The Bertz CT molecular complexity index is 1120. The second-order valence-electron chi connectivity index (χ2n) is 7.52. The fourth-order valence-electron chi connectivity index (χ4n) is 4.54. The topological polar surface area (TPSA) is 124 Å². The number of aryl methyl sites for hydroxylation is 2. The first-order chi connectivity index (χ1) is 13.9. The van der Waals surface area contributed by atoms with E-state index in [1.807, 2.05) is 6.07 Å². The van der Waals surface area contributed by atoms with Gasteiger partial charge < -0.3 is 14.3 Å². The van der Waals surface area contributed by atoms with Gasteiger partial charge in [0.1, 0.15) is 23.6 Å². The summed E-state index contributed by atoms with van der Waals surface area (Å²) in [5.41, 5.74) is 1.35. The Morgan fingerprint density at radius 3 is 2.76 bits per heavy atom. The number of anilines is 1. The molecule has 10 heteroatoms. The SMILES string of the molecule is Cc1cc(C(=O)N2C[C@H]3CC2C2C(=O)N(c4cnc(C#N)c(C)c4)C(=O)N23)no1. The van der Waals surface area contributed by atoms with Gasteiger partial charge in [0.15, 0.2) is 5.69 Å². The summed E-state index contributed by atoms with van der Waals surface area (Å²) in [5, 5.41) is 12.8. The number of fused-ring (bicyclic) bond motifs is 5. The number of carbonyl (C=O) groups excluding carboxylic acids is 3. The summed E-state index contributed by atoms with van der Waals surface area (Å²) >= 11 is 0. The molecule has 0 aliphatic carbocycles. The lowest BCUT2D eigenvalue weighted by Crippen LogP contribution is -2.54. The molecule has 3 aliphatic heterocycles. The third-order valence-corrected chi connectivity index (χ3v) is 5.80. The van der Waals surface area contributed by atoms with E-state index in [4.69, 9.17) is 9.78 Å². The van der Waals surface area contributed by atoms with Gasteiger partial charge in [-0.3, -0.25) is 9.59 Å². The molecule has 3 atom stereocenters. The molecule has 2 unspecified atom stereocenters. The number of nitriles is 1. The van der Waals surface area contributed by atoms with E-state index >= 15 is 0 Å². The molecule has 0 radical (unpaired) electrons. The van der Waals surface area contributed by atoms with Gasteiger partial charge in [-0.2, -0.15) is 5.26 Å². The van der Waals surface area contributed by atoms with Gasteiger partial charge in [0.2, 0.25) is 0 Å². The van der Waals surface area contributed by atoms with Gasteiger partial charge in [0.25, 0.3) is 11.8 Å². The summed E-state index contributed by atoms with van der Waals surface area (Å²) in [5.74, 6) is -0.160. The van der Waals surface area contributed by atoms with E-state index in [-0.39, 0.29) is 29.2 Å². The van der Waals surface area contributed by atoms with Gasteiger partial charge in [-0.25, -0.2) is 14.7 Å². The van der Waals surface area contributed by atoms with Crippen molar-refractivity contribution in [1.29, 1.82) is 5.26 Å². The van der Waals surface area contributed by atoms with E-state index in [0.717, 1.165) is 4.90 Å². The first kappa shape index (κ1) is 17.4. The second-order valence-corrected chi connectivity index (χ2v) is 7.52. The largest absolute Gasteiger partial charge is 0.361 e. The molecule has 10 nitrogen and oxygen atoms in total. The number of rotatable bonds is 2. The van der Waals surface area contributed by atoms with Gasteiger partial charge in [-0.1, -0.05) is 5.16 Å². The number of aromatic nitrogens is 2. The van der Waals surface area contributed by atoms with Crippen molar-refractivity contribution in [2.45, 2.75) is 38.4 Å². The van der Waals surface area contributed by atoms with Gasteiger partial charge in [-0.05, 0) is 31.9 Å². The molecular weight excluding hydrogens is 376 g/mol. The molecule has 0 saturated carbocycles. The first-order valence-electron chi connectivity index (χ1n) is 9.18. The number of imide groups is 1. The lowest BCUT2D eigenvalue weighted by molar-refractivity contribution is -0.121. The fraction of sp³-hybridized carbons (Fsp3) is 0.368. The number of carbonyl (C=O) groups is 3. The Morgan fingerprint density at radius 1 is 1.31 bits per heavy atom. The number of hydrogen-bond acceptors (Lipinski definition) is 7. The normalized spacial score (nSPS) is 25.0. The van der Waals surface area contributed by atoms with Gasteiger partial charge in [-0.15, -0.1) is 0 Å². The van der Waals surface area contributed by atoms with E-state index in [9.17, 15) is 14.4 Å². The molecule has 4 amide bonds. The number of amides is 4. The molecule has 146 valence electrons. The van der Waals surface area contributed by atoms with Crippen molar-refractivity contribution in [3.8, 4) is 6.07 Å². The summed E-state index contributed by atoms with van der Waals surface area (Å²) in [7, 11) is 0. The van der Waals surface area contributed by atoms with Crippen LogP contribution in [-0.4, -0.2) is 62.5 Å². The van der Waals surface area contributed by atoms with Gasteiger partial charge in [0.05, 0.1) is 24.0 Å². The molecule has 0 spiro atoms. The number of nitrogens with zero attached hydrogens (tertiary/aromatic N) is 6. The zero-order chi connectivity index (χ0) is 20.4. The van der Waals surface area contributed by atoms with Crippen molar-refractivity contribution in [3.05, 3.63) is 41.0 Å². The Morgan fingerprint density at radius 2 is 2.10 bits per heavy atom. The zero-order valence-corrected chi connectivity index (χ0v) is 15.7. The molecule has 0 N–H and O–H groups in total. The van der Waals surface area contributed by atoms with Gasteiger partial charge >= 0.3 is 6.03 Å². The first-order valence-corrected chi connectivity index (χ1v) is 9.18. The van der Waals surface area contributed by atoms with E-state index in [1.165, 1.54) is 6.20 Å². The highest BCUT2D eigenvalue weighted by molar-refractivity contribution is 6.22. The third kappa shape index (κ3) is 2.30. The van der Waals surface area contributed by atoms with E-state index in [1.54, 1.807) is 35.8 Å². The van der Waals surface area contributed by atoms with E-state index in [2.05, 4.69) is 10.1 Å². The van der Waals surface area contributed by atoms with Crippen molar-refractivity contribution in [2.24, 2.45) is 0 Å². The third-order valence-electron chi connectivity index (χ3n) is 5.80. The average molecular weight is 392 g/mol. The minimum absolute atomic E-state index is 0.196. The van der Waals surface area contributed by atoms with Crippen LogP contribution < -0.4 is 4.90 Å². The van der Waals surface area contributed by atoms with Crippen LogP contribution in [0, 0.1) is 25.2 Å². The number of urea groups is 1. The van der Waals surface area contributed by atoms with Crippen LogP contribution in [0.5, 0.6) is 0 Å². The summed E-state index contributed by atoms with van der Waals surface area (Å²) in [4.78, 5) is 47.3. The minimum Gasteiger partial charge on any atom is -0.361 e. The maximum Gasteiger partial charge on any atom is 0.332 e. The fourth-order valence-corrected chi connectivity index (χ4v) is 4.54. The summed E-state index contributed by atoms with van der Waals surface area (Å²) in [6, 6.07) is 3.36. The highest BCUT2D eigenvalue weighted by atomic mass is 16.5. The molecule has 0 aromatic carbocycles. The predicted molar refractivity (Wildman–Crippen MR) is 96.7 cm³/mol. The van der Waals surface area contributed by atoms with Crippen molar-refractivity contribution in [3.63, 3.8) is 0 Å². The number of hydrogen-bond donors (Lipinski definition) is 0. The smallest absolute Gasteiger partial charge is 0.332 e. The van der Waals surface area contributed by atoms with Crippen LogP contribution in [0.3, 0.4) is 0 Å². The van der Waals surface area contributed by atoms with Crippen LogP contribution in [0.15, 0.2) is 22.9 Å². The minimum atomic E-state index is -0.728. The van der Waals surface area contributed by atoms with Crippen LogP contribution in [-0.2, 0) is 4.79 Å². The van der Waals surface area contributed by atoms with Gasteiger partial charge in [0, 0.05) is 12.6 Å². The molecule has 2 aromatic rings. The molecule has 5 rings (SSSR count). The Balaban J connectivity index is 1.45. The molecule has 5 heterocycles. The highest BCUT2D eigenvalue weighted by Gasteiger charge is 2.63. The standard InChI is InChI=1S/C19H16N6O4/c1-9-3-11(7-21-14(9)6-20)25-18(27)16-15-5-12(24(16)19(25)28)8-23(15)17(26)13-4-10(2)29-22-13/h3-4,7,12,15-16H,5,8H2,1-2H3/t12-,15?,16?/m1/s1. The van der Waals surface area contributed by atoms with Crippen molar-refractivity contribution < 1.29 is 18.9 Å². The number of likely N-dealkylation sites (tertiary alicyclic amines) is 1. The van der Waals surface area contributed by atoms with Crippen LogP contribution in [0.25, 0.3) is 0 Å². The Hall–Kier alpha value is -3.74. The van der Waals surface area contributed by atoms with E-state index in [0.29, 0.717) is 30.0 Å². The summed E-state index contributed by atoms with van der Waals surface area (Å²) in [6.07, 6.45) is 1.91. The number of piperazine rings is 1. The zero-order valence-electron chi connectivity index (χ0n) is 15.7. The van der Waals surface area contributed by atoms with Crippen LogP contribution >= 0.6 is 0 Å². The summed E-state index contributed by atoms with van der Waals surface area (Å²) < 4.78 is 4.99. The van der Waals surface area contributed by atoms with Crippen LogP contribution in [0.1, 0.15) is 33.9 Å². The molecule has 2 bridgehead atoms. The van der Waals surface area contributed by atoms with Crippen LogP contribution in [0.4, 0.5) is 10.5 Å². The average Bonchev–Trinajstić information content (AvgIpc) is 3.45. The molecule has 3 fully saturated rings. The molecule has 29 heavy (non-hydrogen) atoms. The quantitative estimate of drug-likeness (QED) is 0.698. The maximum atomic E-state index is 13.2. The lowest BCUT2D eigenvalue weighted by Gasteiger charge is -2.34. The summed E-state index contributed by atoms with van der Waals surface area (Å²) in [6.45, 7) is 3.75. The Labute approximate surface area is 165 Å². The highest BCUT2D eigenvalue weighted by Crippen LogP contribution is 2.42. The second kappa shape index (κ2) is 5.88. The maximum absolute atomic E-state index is 13.2. The Kier molecular flexibility index (Phi) is 3.52.